The molecule has 4 rings (SSSR count). The third-order valence-electron chi connectivity index (χ3n) is 6.92. The van der Waals surface area contributed by atoms with Gasteiger partial charge in [-0.15, -0.1) is 0 Å². The summed E-state index contributed by atoms with van der Waals surface area (Å²) in [5.41, 5.74) is 1.23. The molecule has 1 aliphatic heterocycles. The summed E-state index contributed by atoms with van der Waals surface area (Å²) in [7, 11) is -3.54. The maximum atomic E-state index is 13.1. The van der Waals surface area contributed by atoms with Crippen molar-refractivity contribution < 1.29 is 17.6 Å². The number of furan rings is 1. The molecule has 7 heteroatoms. The fourth-order valence-electron chi connectivity index (χ4n) is 4.72. The minimum Gasteiger partial charge on any atom is -0.451 e. The number of rotatable bonds is 4. The molecule has 2 fully saturated rings. The number of amides is 1. The van der Waals surface area contributed by atoms with E-state index in [1.807, 2.05) is 6.92 Å². The van der Waals surface area contributed by atoms with E-state index in [1.54, 1.807) is 22.5 Å². The number of sulfonamides is 1. The zero-order valence-corrected chi connectivity index (χ0v) is 18.9. The van der Waals surface area contributed by atoms with Crippen LogP contribution in [0.3, 0.4) is 0 Å². The van der Waals surface area contributed by atoms with Gasteiger partial charge in [-0.1, -0.05) is 26.7 Å². The van der Waals surface area contributed by atoms with Crippen molar-refractivity contribution in [1.82, 2.24) is 9.62 Å². The van der Waals surface area contributed by atoms with Gasteiger partial charge >= 0.3 is 0 Å². The molecule has 1 aliphatic carbocycles. The average Bonchev–Trinajstić information content (AvgIpc) is 3.06. The Kier molecular flexibility index (Phi) is 5.95. The molecule has 0 radical (unpaired) electrons. The second-order valence-electron chi connectivity index (χ2n) is 9.14. The van der Waals surface area contributed by atoms with Crippen LogP contribution >= 0.6 is 0 Å². The molecule has 0 unspecified atom stereocenters. The van der Waals surface area contributed by atoms with Crippen molar-refractivity contribution in [2.24, 2.45) is 11.8 Å². The SMILES string of the molecule is Cc1c(C(=O)N[C@@H]2CCCC[C@H]2C)oc2ccc(S(=O)(=O)N3CCC(C)CC3)cc12. The van der Waals surface area contributed by atoms with Crippen LogP contribution in [-0.2, 0) is 10.0 Å². The second-order valence-corrected chi connectivity index (χ2v) is 11.1. The fraction of sp³-hybridized carbons (Fsp3) is 0.609. The van der Waals surface area contributed by atoms with Crippen molar-refractivity contribution in [2.45, 2.75) is 70.2 Å². The van der Waals surface area contributed by atoms with Gasteiger partial charge in [0, 0.05) is 30.1 Å². The normalized spacial score (nSPS) is 24.2. The molecule has 0 spiro atoms. The molecule has 164 valence electrons. The van der Waals surface area contributed by atoms with E-state index in [-0.39, 0.29) is 22.6 Å². The van der Waals surface area contributed by atoms with Crippen molar-refractivity contribution in [3.8, 4) is 0 Å². The van der Waals surface area contributed by atoms with E-state index >= 15 is 0 Å². The molecule has 2 heterocycles. The highest BCUT2D eigenvalue weighted by atomic mass is 32.2. The lowest BCUT2D eigenvalue weighted by Gasteiger charge is -2.29. The number of benzene rings is 1. The Balaban J connectivity index is 1.59. The quantitative estimate of drug-likeness (QED) is 0.773. The first-order chi connectivity index (χ1) is 14.3. The summed E-state index contributed by atoms with van der Waals surface area (Å²) in [4.78, 5) is 13.1. The Bertz CT molecular complexity index is 1030. The average molecular weight is 433 g/mol. The lowest BCUT2D eigenvalue weighted by Crippen LogP contribution is -2.41. The monoisotopic (exact) mass is 432 g/mol. The van der Waals surface area contributed by atoms with Gasteiger partial charge in [-0.05, 0) is 62.6 Å². The Morgan fingerprint density at radius 1 is 1.10 bits per heavy atom. The first-order valence-corrected chi connectivity index (χ1v) is 12.6. The Morgan fingerprint density at radius 2 is 1.80 bits per heavy atom. The number of carbonyl (C=O) groups excluding carboxylic acids is 1. The second kappa shape index (κ2) is 8.35. The third-order valence-corrected chi connectivity index (χ3v) is 8.82. The molecular weight excluding hydrogens is 400 g/mol. The standard InChI is InChI=1S/C23H32N2O4S/c1-15-10-12-25(13-11-15)30(27,28)18-8-9-21-19(14-18)17(3)22(29-21)23(26)24-20-7-5-4-6-16(20)2/h8-9,14-16,20H,4-7,10-13H2,1-3H3,(H,24,26)/t16-,20-/m1/s1. The summed E-state index contributed by atoms with van der Waals surface area (Å²) in [5, 5.41) is 3.81. The van der Waals surface area contributed by atoms with Crippen LogP contribution in [-0.4, -0.2) is 37.8 Å². The van der Waals surface area contributed by atoms with Crippen LogP contribution in [0, 0.1) is 18.8 Å². The number of hydrogen-bond acceptors (Lipinski definition) is 4. The summed E-state index contributed by atoms with van der Waals surface area (Å²) in [6.07, 6.45) is 6.23. The van der Waals surface area contributed by atoms with E-state index in [0.29, 0.717) is 41.5 Å². The molecular formula is C23H32N2O4S. The van der Waals surface area contributed by atoms with E-state index in [1.165, 1.54) is 6.42 Å². The van der Waals surface area contributed by atoms with Gasteiger partial charge in [-0.2, -0.15) is 4.31 Å². The topological polar surface area (TPSA) is 79.6 Å². The summed E-state index contributed by atoms with van der Waals surface area (Å²) >= 11 is 0. The highest BCUT2D eigenvalue weighted by Gasteiger charge is 2.30. The zero-order valence-electron chi connectivity index (χ0n) is 18.1. The highest BCUT2D eigenvalue weighted by Crippen LogP contribution is 2.31. The summed E-state index contributed by atoms with van der Waals surface area (Å²) in [5.74, 6) is 1.08. The molecule has 1 saturated heterocycles. The highest BCUT2D eigenvalue weighted by molar-refractivity contribution is 7.89. The lowest BCUT2D eigenvalue weighted by atomic mass is 9.86. The molecule has 1 N–H and O–H groups in total. The minimum atomic E-state index is -3.54. The van der Waals surface area contributed by atoms with Crippen molar-refractivity contribution in [1.29, 1.82) is 0 Å². The molecule has 2 atom stereocenters. The first-order valence-electron chi connectivity index (χ1n) is 11.1. The molecule has 1 aromatic heterocycles. The molecule has 6 nitrogen and oxygen atoms in total. The van der Waals surface area contributed by atoms with E-state index < -0.39 is 10.0 Å². The molecule has 0 bridgehead atoms. The molecule has 30 heavy (non-hydrogen) atoms. The molecule has 1 amide bonds. The Morgan fingerprint density at radius 3 is 2.50 bits per heavy atom. The van der Waals surface area contributed by atoms with E-state index in [9.17, 15) is 13.2 Å². The fourth-order valence-corrected chi connectivity index (χ4v) is 6.21. The largest absolute Gasteiger partial charge is 0.451 e. The summed E-state index contributed by atoms with van der Waals surface area (Å²) in [6, 6.07) is 5.07. The van der Waals surface area contributed by atoms with Gasteiger partial charge in [-0.3, -0.25) is 4.79 Å². The Labute approximate surface area is 179 Å². The predicted molar refractivity (Wildman–Crippen MR) is 117 cm³/mol. The number of piperidine rings is 1. The number of nitrogens with zero attached hydrogens (tertiary/aromatic N) is 1. The van der Waals surface area contributed by atoms with Crippen LogP contribution in [0.4, 0.5) is 0 Å². The summed E-state index contributed by atoms with van der Waals surface area (Å²) in [6.45, 7) is 7.27. The number of hydrogen-bond donors (Lipinski definition) is 1. The van der Waals surface area contributed by atoms with Gasteiger partial charge in [-0.25, -0.2) is 8.42 Å². The van der Waals surface area contributed by atoms with E-state index in [2.05, 4.69) is 19.2 Å². The number of aryl methyl sites for hydroxylation is 1. The van der Waals surface area contributed by atoms with Crippen molar-refractivity contribution in [3.05, 3.63) is 29.5 Å². The van der Waals surface area contributed by atoms with Crippen LogP contribution < -0.4 is 5.32 Å². The van der Waals surface area contributed by atoms with Crippen LogP contribution in [0.5, 0.6) is 0 Å². The van der Waals surface area contributed by atoms with Crippen LogP contribution in [0.15, 0.2) is 27.5 Å². The molecule has 2 aliphatic rings. The van der Waals surface area contributed by atoms with Gasteiger partial charge in [0.15, 0.2) is 5.76 Å². The number of nitrogens with one attached hydrogen (secondary N) is 1. The minimum absolute atomic E-state index is 0.163. The van der Waals surface area contributed by atoms with Crippen molar-refractivity contribution in [2.75, 3.05) is 13.1 Å². The van der Waals surface area contributed by atoms with Crippen molar-refractivity contribution in [3.63, 3.8) is 0 Å². The van der Waals surface area contributed by atoms with Gasteiger partial charge in [0.1, 0.15) is 5.58 Å². The maximum Gasteiger partial charge on any atom is 0.287 e. The van der Waals surface area contributed by atoms with Crippen LogP contribution in [0.25, 0.3) is 11.0 Å². The zero-order chi connectivity index (χ0) is 21.5. The summed E-state index contributed by atoms with van der Waals surface area (Å²) < 4.78 is 33.6. The molecule has 1 saturated carbocycles. The van der Waals surface area contributed by atoms with Crippen molar-refractivity contribution >= 4 is 26.9 Å². The lowest BCUT2D eigenvalue weighted by molar-refractivity contribution is 0.0883. The van der Waals surface area contributed by atoms with E-state index in [0.717, 1.165) is 32.1 Å². The predicted octanol–water partition coefficient (Wildman–Crippen LogP) is 4.47. The number of fused-ring (bicyclic) bond motifs is 1. The molecule has 2 aromatic rings. The van der Waals surface area contributed by atoms with Gasteiger partial charge < -0.3 is 9.73 Å². The van der Waals surface area contributed by atoms with Gasteiger partial charge in [0.05, 0.1) is 4.90 Å². The van der Waals surface area contributed by atoms with Crippen LogP contribution in [0.1, 0.15) is 68.5 Å². The smallest absolute Gasteiger partial charge is 0.287 e. The van der Waals surface area contributed by atoms with Crippen LogP contribution in [0.2, 0.25) is 0 Å². The Hall–Kier alpha value is -1.86. The van der Waals surface area contributed by atoms with Gasteiger partial charge in [0.25, 0.3) is 5.91 Å². The van der Waals surface area contributed by atoms with Gasteiger partial charge in [0.2, 0.25) is 10.0 Å². The first kappa shape index (κ1) is 21.4. The number of carbonyl (C=O) groups is 1. The third kappa shape index (κ3) is 4.02. The molecule has 1 aromatic carbocycles. The van der Waals surface area contributed by atoms with E-state index in [4.69, 9.17) is 4.42 Å². The maximum absolute atomic E-state index is 13.1.